The molecular formula is C10H7F3N2O2S. The third-order valence-electron chi connectivity index (χ3n) is 2.02. The molecule has 0 aliphatic heterocycles. The number of rotatable bonds is 3. The number of nitro benzene ring substituents is 1. The van der Waals surface area contributed by atoms with Gasteiger partial charge < -0.3 is 0 Å². The largest absolute Gasteiger partial charge is 0.416 e. The fraction of sp³-hybridized carbons (Fsp3) is 0.300. The lowest BCUT2D eigenvalue weighted by atomic mass is 10.1. The van der Waals surface area contributed by atoms with E-state index in [1.807, 2.05) is 0 Å². The van der Waals surface area contributed by atoms with Crippen LogP contribution in [0.4, 0.5) is 18.9 Å². The van der Waals surface area contributed by atoms with Crippen molar-refractivity contribution in [1.82, 2.24) is 0 Å². The van der Waals surface area contributed by atoms with Crippen molar-refractivity contribution in [1.29, 1.82) is 5.26 Å². The average molecular weight is 276 g/mol. The zero-order valence-corrected chi connectivity index (χ0v) is 9.93. The maximum Gasteiger partial charge on any atom is 0.416 e. The standard InChI is InChI=1S/C10H7F3N2O2S/c1-2-18-9-4-6(10(11,12)13)3-8(15(16)17)7(9)5-14/h3-4H,2H2,1H3. The SMILES string of the molecule is CCSc1cc(C(F)(F)F)cc([N+](=O)[O-])c1C#N. The summed E-state index contributed by atoms with van der Waals surface area (Å²) >= 11 is 0.961. The van der Waals surface area contributed by atoms with Gasteiger partial charge in [-0.3, -0.25) is 10.1 Å². The van der Waals surface area contributed by atoms with Crippen LogP contribution >= 0.6 is 11.8 Å². The first-order valence-electron chi connectivity index (χ1n) is 4.73. The van der Waals surface area contributed by atoms with Crippen molar-refractivity contribution in [3.8, 4) is 6.07 Å². The number of benzene rings is 1. The van der Waals surface area contributed by atoms with Gasteiger partial charge in [-0.15, -0.1) is 11.8 Å². The van der Waals surface area contributed by atoms with Gasteiger partial charge in [0.15, 0.2) is 0 Å². The van der Waals surface area contributed by atoms with Gasteiger partial charge in [0, 0.05) is 11.0 Å². The molecule has 0 atom stereocenters. The molecular weight excluding hydrogens is 269 g/mol. The summed E-state index contributed by atoms with van der Waals surface area (Å²) in [7, 11) is 0. The zero-order valence-electron chi connectivity index (χ0n) is 9.11. The highest BCUT2D eigenvalue weighted by atomic mass is 32.2. The Morgan fingerprint density at radius 3 is 2.50 bits per heavy atom. The summed E-state index contributed by atoms with van der Waals surface area (Å²) in [5.41, 5.74) is -2.27. The first kappa shape index (κ1) is 14.3. The van der Waals surface area contributed by atoms with Crippen LogP contribution in [-0.2, 0) is 6.18 Å². The number of thioether (sulfide) groups is 1. The second-order valence-electron chi connectivity index (χ2n) is 3.17. The topological polar surface area (TPSA) is 66.9 Å². The Kier molecular flexibility index (Phi) is 4.19. The Morgan fingerprint density at radius 1 is 1.50 bits per heavy atom. The fourth-order valence-electron chi connectivity index (χ4n) is 1.29. The minimum absolute atomic E-state index is 0.0264. The number of nitrogens with zero attached hydrogens (tertiary/aromatic N) is 2. The van der Waals surface area contributed by atoms with Gasteiger partial charge in [-0.25, -0.2) is 0 Å². The molecule has 1 aromatic carbocycles. The predicted octanol–water partition coefficient (Wildman–Crippen LogP) is 3.60. The minimum atomic E-state index is -4.68. The Balaban J connectivity index is 3.55. The molecule has 1 rings (SSSR count). The summed E-state index contributed by atoms with van der Waals surface area (Å²) in [6.07, 6.45) is -4.68. The maximum absolute atomic E-state index is 12.6. The first-order chi connectivity index (χ1) is 8.31. The second-order valence-corrected chi connectivity index (χ2v) is 4.47. The summed E-state index contributed by atoms with van der Waals surface area (Å²) in [4.78, 5) is 9.69. The molecule has 0 saturated heterocycles. The Bertz CT molecular complexity index is 523. The van der Waals surface area contributed by atoms with Crippen molar-refractivity contribution in [2.24, 2.45) is 0 Å². The highest BCUT2D eigenvalue weighted by Crippen LogP contribution is 2.38. The van der Waals surface area contributed by atoms with Crippen molar-refractivity contribution in [2.75, 3.05) is 5.75 Å². The lowest BCUT2D eigenvalue weighted by Gasteiger charge is -2.10. The third-order valence-corrected chi connectivity index (χ3v) is 2.94. The molecule has 0 heterocycles. The Hall–Kier alpha value is -1.75. The van der Waals surface area contributed by atoms with Gasteiger partial charge in [-0.05, 0) is 11.8 Å². The van der Waals surface area contributed by atoms with Gasteiger partial charge in [0.25, 0.3) is 5.69 Å². The smallest absolute Gasteiger partial charge is 0.258 e. The molecule has 0 fully saturated rings. The number of halogens is 3. The van der Waals surface area contributed by atoms with E-state index in [1.54, 1.807) is 13.0 Å². The number of hydrogen-bond acceptors (Lipinski definition) is 4. The van der Waals surface area contributed by atoms with Crippen LogP contribution in [-0.4, -0.2) is 10.7 Å². The molecule has 0 N–H and O–H groups in total. The minimum Gasteiger partial charge on any atom is -0.258 e. The zero-order chi connectivity index (χ0) is 13.9. The molecule has 4 nitrogen and oxygen atoms in total. The number of nitro groups is 1. The van der Waals surface area contributed by atoms with Crippen molar-refractivity contribution in [3.05, 3.63) is 33.4 Å². The van der Waals surface area contributed by atoms with E-state index in [0.717, 1.165) is 17.8 Å². The van der Waals surface area contributed by atoms with Gasteiger partial charge >= 0.3 is 6.18 Å². The quantitative estimate of drug-likeness (QED) is 0.480. The van der Waals surface area contributed by atoms with E-state index in [4.69, 9.17) is 5.26 Å². The average Bonchev–Trinajstić information content (AvgIpc) is 2.27. The van der Waals surface area contributed by atoms with E-state index < -0.39 is 22.4 Å². The Labute approximate surface area is 105 Å². The Morgan fingerprint density at radius 2 is 2.11 bits per heavy atom. The van der Waals surface area contributed by atoms with Crippen molar-refractivity contribution >= 4 is 17.4 Å². The second kappa shape index (κ2) is 5.27. The maximum atomic E-state index is 12.6. The molecule has 0 spiro atoms. The van der Waals surface area contributed by atoms with E-state index in [1.165, 1.54) is 0 Å². The lowest BCUT2D eigenvalue weighted by Crippen LogP contribution is -2.07. The van der Waals surface area contributed by atoms with Gasteiger partial charge in [-0.2, -0.15) is 18.4 Å². The summed E-state index contributed by atoms with van der Waals surface area (Å²) in [5, 5.41) is 19.5. The van der Waals surface area contributed by atoms with E-state index in [0.29, 0.717) is 11.8 Å². The molecule has 0 unspecified atom stereocenters. The molecule has 0 amide bonds. The molecule has 8 heteroatoms. The molecule has 0 bridgehead atoms. The van der Waals surface area contributed by atoms with Crippen LogP contribution in [0.15, 0.2) is 17.0 Å². The molecule has 0 aliphatic rings. The van der Waals surface area contributed by atoms with Crippen LogP contribution < -0.4 is 0 Å². The fourth-order valence-corrected chi connectivity index (χ4v) is 2.11. The van der Waals surface area contributed by atoms with Gasteiger partial charge in [-0.1, -0.05) is 6.92 Å². The van der Waals surface area contributed by atoms with Crippen molar-refractivity contribution < 1.29 is 18.1 Å². The van der Waals surface area contributed by atoms with Crippen LogP contribution in [0.1, 0.15) is 18.1 Å². The summed E-state index contributed by atoms with van der Waals surface area (Å²) in [6, 6.07) is 2.73. The normalized spacial score (nSPS) is 11.1. The molecule has 0 aliphatic carbocycles. The van der Waals surface area contributed by atoms with Gasteiger partial charge in [0.1, 0.15) is 11.6 Å². The van der Waals surface area contributed by atoms with Crippen LogP contribution in [0.2, 0.25) is 0 Å². The van der Waals surface area contributed by atoms with E-state index in [9.17, 15) is 23.3 Å². The third kappa shape index (κ3) is 2.92. The molecule has 96 valence electrons. The monoisotopic (exact) mass is 276 g/mol. The van der Waals surface area contributed by atoms with Gasteiger partial charge in [0.2, 0.25) is 0 Å². The summed E-state index contributed by atoms with van der Waals surface area (Å²) in [6.45, 7) is 1.68. The van der Waals surface area contributed by atoms with E-state index in [2.05, 4.69) is 0 Å². The van der Waals surface area contributed by atoms with Crippen molar-refractivity contribution in [2.45, 2.75) is 18.0 Å². The van der Waals surface area contributed by atoms with Crippen LogP contribution in [0.3, 0.4) is 0 Å². The lowest BCUT2D eigenvalue weighted by molar-refractivity contribution is -0.385. The van der Waals surface area contributed by atoms with E-state index >= 15 is 0 Å². The number of hydrogen-bond donors (Lipinski definition) is 0. The molecule has 18 heavy (non-hydrogen) atoms. The molecule has 0 radical (unpaired) electrons. The van der Waals surface area contributed by atoms with Crippen LogP contribution in [0.5, 0.6) is 0 Å². The predicted molar refractivity (Wildman–Crippen MR) is 59.2 cm³/mol. The highest BCUT2D eigenvalue weighted by molar-refractivity contribution is 7.99. The summed E-state index contributed by atoms with van der Waals surface area (Å²) < 4.78 is 37.7. The van der Waals surface area contributed by atoms with Crippen LogP contribution in [0.25, 0.3) is 0 Å². The molecule has 0 saturated carbocycles. The van der Waals surface area contributed by atoms with Gasteiger partial charge in [0.05, 0.1) is 10.5 Å². The number of alkyl halides is 3. The molecule has 0 aromatic heterocycles. The molecule has 1 aromatic rings. The van der Waals surface area contributed by atoms with Crippen molar-refractivity contribution in [3.63, 3.8) is 0 Å². The summed E-state index contributed by atoms with van der Waals surface area (Å²) in [5.74, 6) is 0.410. The highest BCUT2D eigenvalue weighted by Gasteiger charge is 2.34. The van der Waals surface area contributed by atoms with E-state index in [-0.39, 0.29) is 10.5 Å². The first-order valence-corrected chi connectivity index (χ1v) is 5.72. The number of nitriles is 1. The van der Waals surface area contributed by atoms with Crippen LogP contribution in [0, 0.1) is 21.4 Å².